The summed E-state index contributed by atoms with van der Waals surface area (Å²) in [7, 11) is 0. The van der Waals surface area contributed by atoms with Gasteiger partial charge in [-0.1, -0.05) is 25.5 Å². The monoisotopic (exact) mass is 345 g/mol. The van der Waals surface area contributed by atoms with Crippen molar-refractivity contribution in [2.24, 2.45) is 5.73 Å². The van der Waals surface area contributed by atoms with Crippen molar-refractivity contribution >= 4 is 22.9 Å². The quantitative estimate of drug-likeness (QED) is 0.731. The summed E-state index contributed by atoms with van der Waals surface area (Å²) in [4.78, 5) is 39.8. The predicted molar refractivity (Wildman–Crippen MR) is 94.0 cm³/mol. The number of carbonyl (C=O) groups is 2. The summed E-state index contributed by atoms with van der Waals surface area (Å²) in [6, 6.07) is 7.44. The molecule has 1 unspecified atom stereocenters. The molecule has 0 aliphatic carbocycles. The molecule has 1 atom stereocenters. The molecule has 7 heteroatoms. The molecule has 0 aliphatic rings. The minimum atomic E-state index is -0.988. The van der Waals surface area contributed by atoms with E-state index < -0.39 is 18.0 Å². The van der Waals surface area contributed by atoms with Gasteiger partial charge in [-0.2, -0.15) is 0 Å². The summed E-state index contributed by atoms with van der Waals surface area (Å²) in [6.45, 7) is 4.08. The molecular weight excluding hydrogens is 322 g/mol. The summed E-state index contributed by atoms with van der Waals surface area (Å²) >= 11 is 0. The second kappa shape index (κ2) is 8.41. The Balaban J connectivity index is 2.23. The number of ether oxygens (including phenoxy) is 1. The molecule has 0 saturated carbocycles. The van der Waals surface area contributed by atoms with Gasteiger partial charge in [0.25, 0.3) is 11.5 Å². The molecule has 7 nitrogen and oxygen atoms in total. The van der Waals surface area contributed by atoms with Crippen LogP contribution in [-0.2, 0) is 27.3 Å². The lowest BCUT2D eigenvalue weighted by Crippen LogP contribution is -2.31. The van der Waals surface area contributed by atoms with Gasteiger partial charge in [-0.25, -0.2) is 4.98 Å². The van der Waals surface area contributed by atoms with Gasteiger partial charge in [-0.15, -0.1) is 0 Å². The highest BCUT2D eigenvalue weighted by atomic mass is 16.5. The molecule has 2 aromatic rings. The van der Waals surface area contributed by atoms with E-state index in [0.29, 0.717) is 17.8 Å². The fourth-order valence-electron chi connectivity index (χ4n) is 2.48. The van der Waals surface area contributed by atoms with Crippen LogP contribution in [0.3, 0.4) is 0 Å². The molecule has 0 aliphatic heterocycles. The number of amides is 1. The first-order valence-corrected chi connectivity index (χ1v) is 8.41. The third-order valence-corrected chi connectivity index (χ3v) is 3.93. The van der Waals surface area contributed by atoms with Gasteiger partial charge in [0.2, 0.25) is 0 Å². The molecule has 0 radical (unpaired) electrons. The van der Waals surface area contributed by atoms with Crippen LogP contribution >= 0.6 is 0 Å². The van der Waals surface area contributed by atoms with Crippen molar-refractivity contribution in [2.45, 2.75) is 52.2 Å². The van der Waals surface area contributed by atoms with E-state index in [4.69, 9.17) is 10.5 Å². The van der Waals surface area contributed by atoms with Gasteiger partial charge < -0.3 is 15.0 Å². The van der Waals surface area contributed by atoms with Gasteiger partial charge in [0.15, 0.2) is 6.10 Å². The number of esters is 1. The summed E-state index contributed by atoms with van der Waals surface area (Å²) in [5.74, 6) is -1.29. The van der Waals surface area contributed by atoms with E-state index in [1.54, 1.807) is 4.57 Å². The van der Waals surface area contributed by atoms with Gasteiger partial charge >= 0.3 is 5.97 Å². The lowest BCUT2D eigenvalue weighted by atomic mass is 10.2. The van der Waals surface area contributed by atoms with Gasteiger partial charge in [0.1, 0.15) is 5.69 Å². The van der Waals surface area contributed by atoms with Crippen LogP contribution in [0.1, 0.15) is 38.8 Å². The number of aromatic nitrogens is 2. The standard InChI is InChI=1S/C18H23N3O4/c1-3-4-11-21-15-8-6-5-7-13(15)20-14(18(21)24)9-10-16(22)25-12(2)17(19)23/h5-8,12H,3-4,9-11H2,1-2H3,(H2,19,23). The van der Waals surface area contributed by atoms with Crippen molar-refractivity contribution in [1.82, 2.24) is 9.55 Å². The number of nitrogens with zero attached hydrogens (tertiary/aromatic N) is 2. The Morgan fingerprint density at radius 2 is 2.04 bits per heavy atom. The molecule has 25 heavy (non-hydrogen) atoms. The van der Waals surface area contributed by atoms with Crippen molar-refractivity contribution < 1.29 is 14.3 Å². The van der Waals surface area contributed by atoms with Crippen LogP contribution in [0, 0.1) is 0 Å². The third kappa shape index (κ3) is 4.65. The zero-order valence-corrected chi connectivity index (χ0v) is 14.5. The number of rotatable bonds is 8. The highest BCUT2D eigenvalue weighted by Crippen LogP contribution is 2.12. The lowest BCUT2D eigenvalue weighted by Gasteiger charge is -2.12. The Hall–Kier alpha value is -2.70. The highest BCUT2D eigenvalue weighted by Gasteiger charge is 2.16. The van der Waals surface area contributed by atoms with Crippen molar-refractivity contribution in [3.63, 3.8) is 0 Å². The van der Waals surface area contributed by atoms with E-state index >= 15 is 0 Å². The number of unbranched alkanes of at least 4 members (excludes halogenated alkanes) is 1. The summed E-state index contributed by atoms with van der Waals surface area (Å²) in [6.07, 6.45) is 0.978. The van der Waals surface area contributed by atoms with Gasteiger partial charge in [-0.05, 0) is 25.5 Å². The summed E-state index contributed by atoms with van der Waals surface area (Å²) in [5.41, 5.74) is 6.69. The molecule has 2 rings (SSSR count). The van der Waals surface area contributed by atoms with Crippen molar-refractivity contribution in [3.8, 4) is 0 Å². The fourth-order valence-corrected chi connectivity index (χ4v) is 2.48. The number of fused-ring (bicyclic) bond motifs is 1. The number of aryl methyl sites for hydroxylation is 2. The predicted octanol–water partition coefficient (Wildman–Crippen LogP) is 1.55. The average Bonchev–Trinajstić information content (AvgIpc) is 2.59. The zero-order chi connectivity index (χ0) is 18.4. The molecule has 0 bridgehead atoms. The largest absolute Gasteiger partial charge is 0.453 e. The van der Waals surface area contributed by atoms with Crippen molar-refractivity contribution in [1.29, 1.82) is 0 Å². The highest BCUT2D eigenvalue weighted by molar-refractivity contribution is 5.82. The normalized spacial score (nSPS) is 12.1. The molecule has 0 spiro atoms. The maximum Gasteiger partial charge on any atom is 0.306 e. The maximum atomic E-state index is 12.7. The van der Waals surface area contributed by atoms with Crippen LogP contribution in [0.4, 0.5) is 0 Å². The Morgan fingerprint density at radius 1 is 1.32 bits per heavy atom. The van der Waals surface area contributed by atoms with Crippen LogP contribution in [0.2, 0.25) is 0 Å². The second-order valence-electron chi connectivity index (χ2n) is 5.89. The Labute approximate surface area is 145 Å². The Bertz CT molecular complexity index is 829. The van der Waals surface area contributed by atoms with E-state index in [9.17, 15) is 14.4 Å². The van der Waals surface area contributed by atoms with Crippen molar-refractivity contribution in [3.05, 3.63) is 40.3 Å². The van der Waals surface area contributed by atoms with Crippen LogP contribution in [0.25, 0.3) is 11.0 Å². The number of benzene rings is 1. The molecule has 0 fully saturated rings. The Morgan fingerprint density at radius 3 is 2.72 bits per heavy atom. The SMILES string of the molecule is CCCCn1c(=O)c(CCC(=O)OC(C)C(N)=O)nc2ccccc21. The molecule has 1 heterocycles. The first-order valence-electron chi connectivity index (χ1n) is 8.41. The molecule has 1 aromatic carbocycles. The lowest BCUT2D eigenvalue weighted by molar-refractivity contribution is -0.153. The first kappa shape index (κ1) is 18.6. The van der Waals surface area contributed by atoms with Gasteiger partial charge in [0.05, 0.1) is 17.5 Å². The number of hydrogen-bond acceptors (Lipinski definition) is 5. The van der Waals surface area contributed by atoms with Gasteiger partial charge in [0, 0.05) is 13.0 Å². The topological polar surface area (TPSA) is 104 Å². The Kier molecular flexibility index (Phi) is 6.27. The third-order valence-electron chi connectivity index (χ3n) is 3.93. The number of primary amides is 1. The maximum absolute atomic E-state index is 12.7. The van der Waals surface area contributed by atoms with E-state index in [1.807, 2.05) is 24.3 Å². The smallest absolute Gasteiger partial charge is 0.306 e. The summed E-state index contributed by atoms with van der Waals surface area (Å²) in [5, 5.41) is 0. The minimum absolute atomic E-state index is 0.0357. The molecule has 2 N–H and O–H groups in total. The molecule has 0 saturated heterocycles. The second-order valence-corrected chi connectivity index (χ2v) is 5.89. The number of hydrogen-bond donors (Lipinski definition) is 1. The fraction of sp³-hybridized carbons (Fsp3) is 0.444. The van der Waals surface area contributed by atoms with E-state index in [-0.39, 0.29) is 18.4 Å². The van der Waals surface area contributed by atoms with E-state index in [0.717, 1.165) is 18.4 Å². The molecule has 134 valence electrons. The van der Waals surface area contributed by atoms with Crippen molar-refractivity contribution in [2.75, 3.05) is 0 Å². The van der Waals surface area contributed by atoms with Gasteiger partial charge in [-0.3, -0.25) is 14.4 Å². The minimum Gasteiger partial charge on any atom is -0.453 e. The number of nitrogens with two attached hydrogens (primary N) is 1. The molecular formula is C18H23N3O4. The average molecular weight is 345 g/mol. The summed E-state index contributed by atoms with van der Waals surface area (Å²) < 4.78 is 6.61. The van der Waals surface area contributed by atoms with Crippen LogP contribution < -0.4 is 11.3 Å². The van der Waals surface area contributed by atoms with Crippen LogP contribution in [0.5, 0.6) is 0 Å². The molecule has 1 amide bonds. The zero-order valence-electron chi connectivity index (χ0n) is 14.5. The van der Waals surface area contributed by atoms with Crippen LogP contribution in [-0.4, -0.2) is 27.5 Å². The molecule has 1 aromatic heterocycles. The van der Waals surface area contributed by atoms with Crippen LogP contribution in [0.15, 0.2) is 29.1 Å². The number of para-hydroxylation sites is 2. The van der Waals surface area contributed by atoms with E-state index in [2.05, 4.69) is 11.9 Å². The first-order chi connectivity index (χ1) is 11.9. The van der Waals surface area contributed by atoms with E-state index in [1.165, 1.54) is 6.92 Å². The number of carbonyl (C=O) groups excluding carboxylic acids is 2.